The maximum atomic E-state index is 13.4. The summed E-state index contributed by atoms with van der Waals surface area (Å²) in [6, 6.07) is 8.43. The lowest BCUT2D eigenvalue weighted by Crippen LogP contribution is -1.96. The zero-order valence-electron chi connectivity index (χ0n) is 7.87. The van der Waals surface area contributed by atoms with E-state index in [1.807, 2.05) is 19.3 Å². The van der Waals surface area contributed by atoms with Crippen LogP contribution in [-0.2, 0) is 7.05 Å². The van der Waals surface area contributed by atoms with Gasteiger partial charge in [-0.15, -0.1) is 0 Å². The van der Waals surface area contributed by atoms with E-state index in [2.05, 4.69) is 0 Å². The van der Waals surface area contributed by atoms with Crippen molar-refractivity contribution in [2.24, 2.45) is 7.05 Å². The minimum absolute atomic E-state index is 0.245. The Bertz CT molecular complexity index is 460. The summed E-state index contributed by atoms with van der Waals surface area (Å²) in [5.74, 6) is 0.334. The lowest BCUT2D eigenvalue weighted by Gasteiger charge is -2.03. The third-order valence-electron chi connectivity index (χ3n) is 2.28. The second-order valence-electron chi connectivity index (χ2n) is 3.21. The Balaban J connectivity index is 2.60. The Kier molecular flexibility index (Phi) is 2.00. The third kappa shape index (κ3) is 1.27. The van der Waals surface area contributed by atoms with E-state index in [-0.39, 0.29) is 5.82 Å². The average molecular weight is 190 g/mol. The highest BCUT2D eigenvalue weighted by Crippen LogP contribution is 2.28. The molecule has 0 saturated heterocycles. The number of rotatable bonds is 1. The van der Waals surface area contributed by atoms with Crippen LogP contribution < -0.4 is 5.73 Å². The highest BCUT2D eigenvalue weighted by atomic mass is 19.1. The molecule has 0 amide bonds. The molecular weight excluding hydrogens is 179 g/mol. The maximum absolute atomic E-state index is 13.4. The molecule has 0 aliphatic heterocycles. The Morgan fingerprint density at radius 1 is 1.14 bits per heavy atom. The third-order valence-corrected chi connectivity index (χ3v) is 2.28. The normalized spacial score (nSPS) is 10.4. The molecule has 1 heterocycles. The lowest BCUT2D eigenvalue weighted by atomic mass is 10.1. The number of halogens is 1. The van der Waals surface area contributed by atoms with Crippen molar-refractivity contribution in [2.45, 2.75) is 0 Å². The minimum atomic E-state index is -0.245. The molecule has 0 aliphatic carbocycles. The van der Waals surface area contributed by atoms with Gasteiger partial charge in [-0.05, 0) is 12.1 Å². The van der Waals surface area contributed by atoms with Crippen LogP contribution in [0.15, 0.2) is 36.5 Å². The van der Waals surface area contributed by atoms with Crippen molar-refractivity contribution >= 4 is 5.82 Å². The number of aromatic nitrogens is 1. The standard InChI is InChI=1S/C11H11FN2/c1-14-7-6-9(11(14)13)8-4-2-3-5-10(8)12/h2-7H,13H2,1H3. The molecule has 0 unspecified atom stereocenters. The quantitative estimate of drug-likeness (QED) is 0.735. The van der Waals surface area contributed by atoms with Gasteiger partial charge in [-0.1, -0.05) is 18.2 Å². The van der Waals surface area contributed by atoms with Crippen molar-refractivity contribution in [3.8, 4) is 11.1 Å². The van der Waals surface area contributed by atoms with Gasteiger partial charge in [0.1, 0.15) is 11.6 Å². The van der Waals surface area contributed by atoms with Crippen molar-refractivity contribution in [3.63, 3.8) is 0 Å². The van der Waals surface area contributed by atoms with Crippen LogP contribution in [0.2, 0.25) is 0 Å². The number of anilines is 1. The summed E-state index contributed by atoms with van der Waals surface area (Å²) in [6.07, 6.45) is 1.82. The fraction of sp³-hybridized carbons (Fsp3) is 0.0909. The van der Waals surface area contributed by atoms with Crippen molar-refractivity contribution < 1.29 is 4.39 Å². The first-order chi connectivity index (χ1) is 6.70. The fourth-order valence-electron chi connectivity index (χ4n) is 1.45. The van der Waals surface area contributed by atoms with Crippen LogP contribution in [0.4, 0.5) is 10.2 Å². The summed E-state index contributed by atoms with van der Waals surface area (Å²) in [5, 5.41) is 0. The maximum Gasteiger partial charge on any atom is 0.131 e. The molecular formula is C11H11FN2. The van der Waals surface area contributed by atoms with Gasteiger partial charge in [-0.25, -0.2) is 4.39 Å². The molecule has 2 nitrogen and oxygen atoms in total. The van der Waals surface area contributed by atoms with Crippen LogP contribution in [0.3, 0.4) is 0 Å². The number of nitrogens with zero attached hydrogens (tertiary/aromatic N) is 1. The Morgan fingerprint density at radius 3 is 2.43 bits per heavy atom. The van der Waals surface area contributed by atoms with E-state index < -0.39 is 0 Å². The first-order valence-corrected chi connectivity index (χ1v) is 4.36. The van der Waals surface area contributed by atoms with Gasteiger partial charge < -0.3 is 10.3 Å². The molecule has 1 aromatic carbocycles. The second kappa shape index (κ2) is 3.18. The van der Waals surface area contributed by atoms with Gasteiger partial charge in [0.15, 0.2) is 0 Å². The van der Waals surface area contributed by atoms with Gasteiger partial charge >= 0.3 is 0 Å². The summed E-state index contributed by atoms with van der Waals surface area (Å²) in [7, 11) is 1.83. The molecule has 0 saturated carbocycles. The van der Waals surface area contributed by atoms with Gasteiger partial charge in [0.2, 0.25) is 0 Å². The molecule has 0 bridgehead atoms. The van der Waals surface area contributed by atoms with Crippen molar-refractivity contribution in [3.05, 3.63) is 42.3 Å². The molecule has 1 aromatic heterocycles. The van der Waals surface area contributed by atoms with Gasteiger partial charge in [0.25, 0.3) is 0 Å². The van der Waals surface area contributed by atoms with E-state index in [0.29, 0.717) is 11.4 Å². The molecule has 2 N–H and O–H groups in total. The molecule has 72 valence electrons. The molecule has 14 heavy (non-hydrogen) atoms. The topological polar surface area (TPSA) is 30.9 Å². The molecule has 0 atom stereocenters. The Morgan fingerprint density at radius 2 is 1.86 bits per heavy atom. The Labute approximate surface area is 81.8 Å². The summed E-state index contributed by atoms with van der Waals surface area (Å²) in [4.78, 5) is 0. The van der Waals surface area contributed by atoms with Crippen LogP contribution in [0, 0.1) is 5.82 Å². The number of hydrogen-bond acceptors (Lipinski definition) is 1. The first kappa shape index (κ1) is 8.81. The first-order valence-electron chi connectivity index (χ1n) is 4.36. The van der Waals surface area contributed by atoms with Gasteiger partial charge in [-0.2, -0.15) is 0 Å². The van der Waals surface area contributed by atoms with Crippen LogP contribution in [0.5, 0.6) is 0 Å². The van der Waals surface area contributed by atoms with E-state index in [4.69, 9.17) is 5.73 Å². The predicted octanol–water partition coefficient (Wildman–Crippen LogP) is 2.41. The van der Waals surface area contributed by atoms with Crippen molar-refractivity contribution in [2.75, 3.05) is 5.73 Å². The van der Waals surface area contributed by atoms with Crippen LogP contribution in [-0.4, -0.2) is 4.57 Å². The zero-order valence-corrected chi connectivity index (χ0v) is 7.87. The molecule has 0 radical (unpaired) electrons. The zero-order chi connectivity index (χ0) is 10.1. The lowest BCUT2D eigenvalue weighted by molar-refractivity contribution is 0.631. The summed E-state index contributed by atoms with van der Waals surface area (Å²) in [6.45, 7) is 0. The van der Waals surface area contributed by atoms with Gasteiger partial charge in [0, 0.05) is 24.4 Å². The average Bonchev–Trinajstić information content (AvgIpc) is 2.49. The molecule has 2 aromatic rings. The summed E-state index contributed by atoms with van der Waals surface area (Å²) < 4.78 is 15.2. The van der Waals surface area contributed by atoms with E-state index in [0.717, 1.165) is 5.56 Å². The van der Waals surface area contributed by atoms with Crippen molar-refractivity contribution in [1.82, 2.24) is 4.57 Å². The van der Waals surface area contributed by atoms with E-state index in [1.54, 1.807) is 22.8 Å². The van der Waals surface area contributed by atoms with E-state index in [9.17, 15) is 4.39 Å². The highest BCUT2D eigenvalue weighted by Gasteiger charge is 2.09. The SMILES string of the molecule is Cn1ccc(-c2ccccc2F)c1N. The highest BCUT2D eigenvalue weighted by molar-refractivity contribution is 5.75. The van der Waals surface area contributed by atoms with Crippen LogP contribution in [0.1, 0.15) is 0 Å². The van der Waals surface area contributed by atoms with Crippen molar-refractivity contribution in [1.29, 1.82) is 0 Å². The number of nitrogen functional groups attached to an aromatic ring is 1. The van der Waals surface area contributed by atoms with E-state index in [1.165, 1.54) is 6.07 Å². The molecule has 3 heteroatoms. The largest absolute Gasteiger partial charge is 0.385 e. The number of benzene rings is 1. The summed E-state index contributed by atoms with van der Waals surface area (Å²) >= 11 is 0. The smallest absolute Gasteiger partial charge is 0.131 e. The molecule has 0 fully saturated rings. The number of aryl methyl sites for hydroxylation is 1. The summed E-state index contributed by atoms with van der Waals surface area (Å²) in [5.41, 5.74) is 7.09. The predicted molar refractivity (Wildman–Crippen MR) is 55.2 cm³/mol. The number of nitrogens with two attached hydrogens (primary N) is 1. The Hall–Kier alpha value is -1.77. The van der Waals surface area contributed by atoms with Crippen LogP contribution >= 0.6 is 0 Å². The van der Waals surface area contributed by atoms with Crippen LogP contribution in [0.25, 0.3) is 11.1 Å². The van der Waals surface area contributed by atoms with Gasteiger partial charge in [-0.3, -0.25) is 0 Å². The molecule has 0 aliphatic rings. The number of hydrogen-bond donors (Lipinski definition) is 1. The molecule has 2 rings (SSSR count). The van der Waals surface area contributed by atoms with E-state index >= 15 is 0 Å². The minimum Gasteiger partial charge on any atom is -0.385 e. The second-order valence-corrected chi connectivity index (χ2v) is 3.21. The monoisotopic (exact) mass is 190 g/mol. The molecule has 0 spiro atoms. The fourth-order valence-corrected chi connectivity index (χ4v) is 1.45. The van der Waals surface area contributed by atoms with Gasteiger partial charge in [0.05, 0.1) is 0 Å².